The summed E-state index contributed by atoms with van der Waals surface area (Å²) in [6.45, 7) is 1.36. The second-order valence-corrected chi connectivity index (χ2v) is 4.84. The van der Waals surface area contributed by atoms with Gasteiger partial charge in [-0.15, -0.1) is 11.6 Å². The Bertz CT molecular complexity index is 566. The molecule has 17 heavy (non-hydrogen) atoms. The standard InChI is InChI=1S/C12H12ClN3O/c13-9-4-6-15(8-9)12(17)10-7-14-16-5-2-1-3-11(10)16/h1-3,5,7,9H,4,6,8H2. The highest BCUT2D eigenvalue weighted by Gasteiger charge is 2.27. The molecule has 0 radical (unpaired) electrons. The molecule has 0 aromatic carbocycles. The molecule has 0 aliphatic carbocycles. The molecule has 1 aliphatic heterocycles. The van der Waals surface area contributed by atoms with Crippen LogP contribution in [0.5, 0.6) is 0 Å². The van der Waals surface area contributed by atoms with Crippen LogP contribution in [0, 0.1) is 0 Å². The van der Waals surface area contributed by atoms with E-state index in [4.69, 9.17) is 11.6 Å². The van der Waals surface area contributed by atoms with E-state index in [9.17, 15) is 4.79 Å². The number of alkyl halides is 1. The average Bonchev–Trinajstić information content (AvgIpc) is 2.94. The number of hydrogen-bond donors (Lipinski definition) is 0. The van der Waals surface area contributed by atoms with Crippen molar-refractivity contribution in [2.24, 2.45) is 0 Å². The number of halogens is 1. The zero-order valence-electron chi connectivity index (χ0n) is 9.21. The monoisotopic (exact) mass is 249 g/mol. The number of amides is 1. The maximum Gasteiger partial charge on any atom is 0.257 e. The molecule has 4 nitrogen and oxygen atoms in total. The van der Waals surface area contributed by atoms with Crippen LogP contribution in [0.25, 0.3) is 5.52 Å². The molecule has 1 fully saturated rings. The third kappa shape index (κ3) is 1.78. The Kier molecular flexibility index (Phi) is 2.52. The smallest absolute Gasteiger partial charge is 0.257 e. The molecule has 0 N–H and O–H groups in total. The van der Waals surface area contributed by atoms with Crippen molar-refractivity contribution in [1.82, 2.24) is 14.5 Å². The molecule has 0 saturated carbocycles. The fourth-order valence-corrected chi connectivity index (χ4v) is 2.44. The van der Waals surface area contributed by atoms with Crippen molar-refractivity contribution >= 4 is 23.0 Å². The molecule has 3 rings (SSSR count). The van der Waals surface area contributed by atoms with E-state index in [0.717, 1.165) is 18.5 Å². The van der Waals surface area contributed by atoms with Crippen molar-refractivity contribution in [2.45, 2.75) is 11.8 Å². The van der Waals surface area contributed by atoms with Gasteiger partial charge >= 0.3 is 0 Å². The summed E-state index contributed by atoms with van der Waals surface area (Å²) in [6, 6.07) is 5.69. The Balaban J connectivity index is 1.96. The third-order valence-corrected chi connectivity index (χ3v) is 3.43. The van der Waals surface area contributed by atoms with Gasteiger partial charge in [0.15, 0.2) is 0 Å². The van der Waals surface area contributed by atoms with Crippen LogP contribution in [0.3, 0.4) is 0 Å². The van der Waals surface area contributed by atoms with Crippen LogP contribution in [0.4, 0.5) is 0 Å². The lowest BCUT2D eigenvalue weighted by atomic mass is 10.2. The van der Waals surface area contributed by atoms with E-state index in [2.05, 4.69) is 5.10 Å². The van der Waals surface area contributed by atoms with Crippen LogP contribution in [0.15, 0.2) is 30.6 Å². The Morgan fingerprint density at radius 3 is 3.12 bits per heavy atom. The zero-order chi connectivity index (χ0) is 11.8. The van der Waals surface area contributed by atoms with Gasteiger partial charge in [0.05, 0.1) is 22.7 Å². The minimum Gasteiger partial charge on any atom is -0.337 e. The Hall–Kier alpha value is -1.55. The summed E-state index contributed by atoms with van der Waals surface area (Å²) in [5.74, 6) is 0.0225. The molecule has 2 aromatic heterocycles. The summed E-state index contributed by atoms with van der Waals surface area (Å²) in [4.78, 5) is 14.1. The number of nitrogens with zero attached hydrogens (tertiary/aromatic N) is 3. The number of carbonyl (C=O) groups is 1. The summed E-state index contributed by atoms with van der Waals surface area (Å²) in [5.41, 5.74) is 1.49. The summed E-state index contributed by atoms with van der Waals surface area (Å²) >= 11 is 6.02. The first-order chi connectivity index (χ1) is 8.25. The lowest BCUT2D eigenvalue weighted by Gasteiger charge is -2.14. The van der Waals surface area contributed by atoms with Gasteiger partial charge in [-0.25, -0.2) is 4.52 Å². The molecule has 0 bridgehead atoms. The lowest BCUT2D eigenvalue weighted by molar-refractivity contribution is 0.0795. The SMILES string of the molecule is O=C(c1cnn2ccccc12)N1CCC(Cl)C1. The highest BCUT2D eigenvalue weighted by atomic mass is 35.5. The van der Waals surface area contributed by atoms with Crippen molar-refractivity contribution in [1.29, 1.82) is 0 Å². The van der Waals surface area contributed by atoms with Gasteiger partial charge < -0.3 is 4.90 Å². The molecule has 1 amide bonds. The molecule has 88 valence electrons. The highest BCUT2D eigenvalue weighted by molar-refractivity contribution is 6.21. The molecule has 1 aliphatic rings. The second kappa shape index (κ2) is 4.04. The van der Waals surface area contributed by atoms with E-state index in [1.54, 1.807) is 15.6 Å². The molecule has 1 atom stereocenters. The van der Waals surface area contributed by atoms with Crippen molar-refractivity contribution in [3.8, 4) is 0 Å². The zero-order valence-corrected chi connectivity index (χ0v) is 9.97. The minimum atomic E-state index is 0.0225. The number of likely N-dealkylation sites (tertiary alicyclic amines) is 1. The minimum absolute atomic E-state index is 0.0225. The quantitative estimate of drug-likeness (QED) is 0.723. The first-order valence-electron chi connectivity index (χ1n) is 5.61. The highest BCUT2D eigenvalue weighted by Crippen LogP contribution is 2.19. The molecule has 1 unspecified atom stereocenters. The van der Waals surface area contributed by atoms with Gasteiger partial charge in [0, 0.05) is 19.3 Å². The predicted molar refractivity (Wildman–Crippen MR) is 65.4 cm³/mol. The van der Waals surface area contributed by atoms with E-state index in [-0.39, 0.29) is 11.3 Å². The van der Waals surface area contributed by atoms with Crippen molar-refractivity contribution < 1.29 is 4.79 Å². The second-order valence-electron chi connectivity index (χ2n) is 4.23. The average molecular weight is 250 g/mol. The number of pyridine rings is 1. The third-order valence-electron chi connectivity index (χ3n) is 3.07. The fraction of sp³-hybridized carbons (Fsp3) is 0.333. The van der Waals surface area contributed by atoms with E-state index < -0.39 is 0 Å². The number of aromatic nitrogens is 2. The molecular weight excluding hydrogens is 238 g/mol. The predicted octanol–water partition coefficient (Wildman–Crippen LogP) is 1.79. The Labute approximate surface area is 104 Å². The normalized spacial score (nSPS) is 20.1. The first kappa shape index (κ1) is 10.6. The summed E-state index contributed by atoms with van der Waals surface area (Å²) in [5, 5.41) is 4.25. The fourth-order valence-electron chi connectivity index (χ4n) is 2.17. The Morgan fingerprint density at radius 1 is 1.47 bits per heavy atom. The Morgan fingerprint density at radius 2 is 2.35 bits per heavy atom. The largest absolute Gasteiger partial charge is 0.337 e. The molecule has 5 heteroatoms. The number of hydrogen-bond acceptors (Lipinski definition) is 2. The van der Waals surface area contributed by atoms with Crippen molar-refractivity contribution in [3.63, 3.8) is 0 Å². The number of fused-ring (bicyclic) bond motifs is 1. The van der Waals surface area contributed by atoms with Crippen molar-refractivity contribution in [2.75, 3.05) is 13.1 Å². The number of rotatable bonds is 1. The molecular formula is C12H12ClN3O. The number of carbonyl (C=O) groups excluding carboxylic acids is 1. The molecule has 3 heterocycles. The van der Waals surface area contributed by atoms with E-state index >= 15 is 0 Å². The van der Waals surface area contributed by atoms with Crippen LogP contribution in [-0.2, 0) is 0 Å². The molecule has 2 aromatic rings. The van der Waals surface area contributed by atoms with Gasteiger partial charge in [-0.05, 0) is 18.6 Å². The van der Waals surface area contributed by atoms with Crippen LogP contribution in [-0.4, -0.2) is 38.9 Å². The van der Waals surface area contributed by atoms with E-state index in [1.165, 1.54) is 0 Å². The topological polar surface area (TPSA) is 37.6 Å². The van der Waals surface area contributed by atoms with Crippen LogP contribution >= 0.6 is 11.6 Å². The molecule has 1 saturated heterocycles. The maximum atomic E-state index is 12.3. The van der Waals surface area contributed by atoms with Gasteiger partial charge in [-0.1, -0.05) is 6.07 Å². The van der Waals surface area contributed by atoms with Gasteiger partial charge in [0.25, 0.3) is 5.91 Å². The van der Waals surface area contributed by atoms with Gasteiger partial charge in [-0.2, -0.15) is 5.10 Å². The van der Waals surface area contributed by atoms with Crippen molar-refractivity contribution in [3.05, 3.63) is 36.2 Å². The van der Waals surface area contributed by atoms with Gasteiger partial charge in [-0.3, -0.25) is 4.79 Å². The van der Waals surface area contributed by atoms with E-state index in [0.29, 0.717) is 12.1 Å². The van der Waals surface area contributed by atoms with Crippen LogP contribution < -0.4 is 0 Å². The summed E-state index contributed by atoms with van der Waals surface area (Å²) < 4.78 is 1.71. The van der Waals surface area contributed by atoms with Gasteiger partial charge in [0.1, 0.15) is 0 Å². The maximum absolute atomic E-state index is 12.3. The summed E-state index contributed by atoms with van der Waals surface area (Å²) in [6.07, 6.45) is 4.33. The lowest BCUT2D eigenvalue weighted by Crippen LogP contribution is -2.28. The van der Waals surface area contributed by atoms with Crippen LogP contribution in [0.2, 0.25) is 0 Å². The van der Waals surface area contributed by atoms with Gasteiger partial charge in [0.2, 0.25) is 0 Å². The van der Waals surface area contributed by atoms with E-state index in [1.807, 2.05) is 24.4 Å². The van der Waals surface area contributed by atoms with Crippen LogP contribution in [0.1, 0.15) is 16.8 Å². The first-order valence-corrected chi connectivity index (χ1v) is 6.05. The summed E-state index contributed by atoms with van der Waals surface area (Å²) in [7, 11) is 0. The molecule has 0 spiro atoms.